The van der Waals surface area contributed by atoms with Gasteiger partial charge in [0.05, 0.1) is 0 Å². The highest BCUT2D eigenvalue weighted by atomic mass is 35.5. The van der Waals surface area contributed by atoms with Crippen molar-refractivity contribution >= 4 is 28.3 Å². The summed E-state index contributed by atoms with van der Waals surface area (Å²) in [6.45, 7) is 3.91. The minimum atomic E-state index is -0.0402. The molecule has 0 aliphatic carbocycles. The van der Waals surface area contributed by atoms with Crippen molar-refractivity contribution in [3.8, 4) is 0 Å². The number of rotatable bonds is 4. The topological polar surface area (TPSA) is 29.1 Å². The molecule has 0 radical (unpaired) electrons. The molecule has 0 bridgehead atoms. The summed E-state index contributed by atoms with van der Waals surface area (Å²) in [5.74, 6) is -0.0402. The number of hydrogen-bond acceptors (Lipinski definition) is 1. The Balaban J connectivity index is 2.22. The van der Waals surface area contributed by atoms with Crippen LogP contribution in [-0.4, -0.2) is 17.3 Å². The van der Waals surface area contributed by atoms with Crippen LogP contribution in [0.1, 0.15) is 30.6 Å². The van der Waals surface area contributed by atoms with Crippen LogP contribution in [0.15, 0.2) is 42.5 Å². The molecule has 0 saturated heterocycles. The minimum absolute atomic E-state index is 0.0402. The molecule has 0 aromatic heterocycles. The van der Waals surface area contributed by atoms with Crippen LogP contribution in [0.5, 0.6) is 0 Å². The molecular weight excluding hydrogens is 258 g/mol. The van der Waals surface area contributed by atoms with E-state index in [2.05, 4.69) is 5.32 Å². The van der Waals surface area contributed by atoms with Gasteiger partial charge in [-0.15, -0.1) is 11.6 Å². The zero-order chi connectivity index (χ0) is 13.8. The summed E-state index contributed by atoms with van der Waals surface area (Å²) in [5, 5.41) is 5.11. The Kier molecular flexibility index (Phi) is 4.43. The fourth-order valence-corrected chi connectivity index (χ4v) is 2.54. The number of nitrogens with one attached hydrogen (secondary N) is 1. The van der Waals surface area contributed by atoms with Gasteiger partial charge in [-0.1, -0.05) is 36.4 Å². The van der Waals surface area contributed by atoms with Crippen molar-refractivity contribution < 1.29 is 4.79 Å². The maximum atomic E-state index is 12.3. The van der Waals surface area contributed by atoms with Crippen molar-refractivity contribution in [3.05, 3.63) is 48.0 Å². The predicted molar refractivity (Wildman–Crippen MR) is 80.8 cm³/mol. The molecule has 2 unspecified atom stereocenters. The highest BCUT2D eigenvalue weighted by molar-refractivity contribution is 6.20. The maximum absolute atomic E-state index is 12.3. The molecule has 2 rings (SSSR count). The van der Waals surface area contributed by atoms with E-state index in [9.17, 15) is 4.79 Å². The monoisotopic (exact) mass is 275 g/mol. The summed E-state index contributed by atoms with van der Waals surface area (Å²) in [6.07, 6.45) is 0.762. The van der Waals surface area contributed by atoms with E-state index in [0.29, 0.717) is 5.56 Å². The zero-order valence-corrected chi connectivity index (χ0v) is 11.9. The first-order valence-corrected chi connectivity index (χ1v) is 6.94. The number of amides is 1. The van der Waals surface area contributed by atoms with Crippen molar-refractivity contribution in [2.24, 2.45) is 0 Å². The third-order valence-electron chi connectivity index (χ3n) is 3.09. The third-order valence-corrected chi connectivity index (χ3v) is 3.27. The molecule has 0 fully saturated rings. The Morgan fingerprint density at radius 2 is 1.84 bits per heavy atom. The van der Waals surface area contributed by atoms with Gasteiger partial charge < -0.3 is 5.32 Å². The molecule has 2 nitrogen and oxygen atoms in total. The van der Waals surface area contributed by atoms with Crippen LogP contribution < -0.4 is 5.32 Å². The average molecular weight is 276 g/mol. The number of halogens is 1. The Hall–Kier alpha value is -1.54. The fourth-order valence-electron chi connectivity index (χ4n) is 2.27. The number of alkyl halides is 1. The Morgan fingerprint density at radius 3 is 2.58 bits per heavy atom. The van der Waals surface area contributed by atoms with Crippen LogP contribution >= 0.6 is 11.6 Å². The van der Waals surface area contributed by atoms with Gasteiger partial charge in [0.25, 0.3) is 5.91 Å². The number of benzene rings is 2. The summed E-state index contributed by atoms with van der Waals surface area (Å²) in [6, 6.07) is 13.7. The highest BCUT2D eigenvalue weighted by Crippen LogP contribution is 2.18. The van der Waals surface area contributed by atoms with Crippen molar-refractivity contribution in [1.82, 2.24) is 5.32 Å². The van der Waals surface area contributed by atoms with Gasteiger partial charge in [-0.05, 0) is 37.1 Å². The molecule has 3 heteroatoms. The molecule has 1 amide bonds. The van der Waals surface area contributed by atoms with Crippen molar-refractivity contribution in [2.45, 2.75) is 31.7 Å². The van der Waals surface area contributed by atoms with E-state index in [1.807, 2.05) is 56.3 Å². The first-order chi connectivity index (χ1) is 9.08. The molecule has 1 N–H and O–H groups in total. The molecule has 0 saturated carbocycles. The molecule has 0 aliphatic heterocycles. The van der Waals surface area contributed by atoms with E-state index >= 15 is 0 Å². The van der Waals surface area contributed by atoms with E-state index in [1.54, 1.807) is 0 Å². The van der Waals surface area contributed by atoms with Gasteiger partial charge in [-0.2, -0.15) is 0 Å². The molecule has 2 atom stereocenters. The second-order valence-corrected chi connectivity index (χ2v) is 5.66. The smallest absolute Gasteiger partial charge is 0.252 e. The Bertz CT molecular complexity index is 574. The molecule has 2 aromatic carbocycles. The second-order valence-electron chi connectivity index (χ2n) is 4.92. The van der Waals surface area contributed by atoms with Crippen LogP contribution in [0.2, 0.25) is 0 Å². The quantitative estimate of drug-likeness (QED) is 0.841. The van der Waals surface area contributed by atoms with Gasteiger partial charge in [-0.25, -0.2) is 0 Å². The number of carbonyl (C=O) groups is 1. The lowest BCUT2D eigenvalue weighted by atomic mass is 10.0. The molecule has 0 spiro atoms. The van der Waals surface area contributed by atoms with Crippen LogP contribution in [0.4, 0.5) is 0 Å². The summed E-state index contributed by atoms with van der Waals surface area (Å²) in [5.41, 5.74) is 0.715. The van der Waals surface area contributed by atoms with E-state index in [-0.39, 0.29) is 17.3 Å². The van der Waals surface area contributed by atoms with E-state index in [0.717, 1.165) is 17.2 Å². The summed E-state index contributed by atoms with van der Waals surface area (Å²) >= 11 is 5.95. The number of fused-ring (bicyclic) bond motifs is 1. The van der Waals surface area contributed by atoms with E-state index < -0.39 is 0 Å². The molecule has 0 heterocycles. The highest BCUT2D eigenvalue weighted by Gasteiger charge is 2.13. The molecule has 0 aliphatic rings. The SMILES string of the molecule is CC(Cl)CC(C)NC(=O)c1cccc2ccccc12. The summed E-state index contributed by atoms with van der Waals surface area (Å²) in [4.78, 5) is 12.3. The lowest BCUT2D eigenvalue weighted by Crippen LogP contribution is -2.34. The fraction of sp³-hybridized carbons (Fsp3) is 0.312. The zero-order valence-electron chi connectivity index (χ0n) is 11.2. The van der Waals surface area contributed by atoms with Crippen molar-refractivity contribution in [2.75, 3.05) is 0 Å². The first-order valence-electron chi connectivity index (χ1n) is 6.50. The molecule has 2 aromatic rings. The van der Waals surface area contributed by atoms with Crippen molar-refractivity contribution in [3.63, 3.8) is 0 Å². The molecule has 19 heavy (non-hydrogen) atoms. The van der Waals surface area contributed by atoms with Crippen molar-refractivity contribution in [1.29, 1.82) is 0 Å². The van der Waals surface area contributed by atoms with Gasteiger partial charge >= 0.3 is 0 Å². The number of hydrogen-bond donors (Lipinski definition) is 1. The summed E-state index contributed by atoms with van der Waals surface area (Å²) in [7, 11) is 0. The van der Waals surface area contributed by atoms with Gasteiger partial charge in [0.1, 0.15) is 0 Å². The predicted octanol–water partition coefficient (Wildman–Crippen LogP) is 3.98. The average Bonchev–Trinajstić information content (AvgIpc) is 2.36. The van der Waals surface area contributed by atoms with Crippen LogP contribution in [-0.2, 0) is 0 Å². The van der Waals surface area contributed by atoms with Gasteiger partial charge in [-0.3, -0.25) is 4.79 Å². The summed E-state index contributed by atoms with van der Waals surface area (Å²) < 4.78 is 0. The van der Waals surface area contributed by atoms with Gasteiger partial charge in [0.15, 0.2) is 0 Å². The lowest BCUT2D eigenvalue weighted by molar-refractivity contribution is 0.0940. The Labute approximate surface area is 118 Å². The largest absolute Gasteiger partial charge is 0.350 e. The standard InChI is InChI=1S/C16H18ClNO/c1-11(17)10-12(2)18-16(19)15-9-5-7-13-6-3-4-8-14(13)15/h3-9,11-12H,10H2,1-2H3,(H,18,19). The van der Waals surface area contributed by atoms with Gasteiger partial charge in [0.2, 0.25) is 0 Å². The van der Waals surface area contributed by atoms with Gasteiger partial charge in [0, 0.05) is 17.0 Å². The number of carbonyl (C=O) groups excluding carboxylic acids is 1. The first kappa shape index (κ1) is 13.9. The normalized spacial score (nSPS) is 14.1. The Morgan fingerprint density at radius 1 is 1.16 bits per heavy atom. The lowest BCUT2D eigenvalue weighted by Gasteiger charge is -2.15. The molecule has 100 valence electrons. The van der Waals surface area contributed by atoms with Crippen LogP contribution in [0.25, 0.3) is 10.8 Å². The third kappa shape index (κ3) is 3.48. The van der Waals surface area contributed by atoms with E-state index in [4.69, 9.17) is 11.6 Å². The molecular formula is C16H18ClNO. The van der Waals surface area contributed by atoms with E-state index in [1.165, 1.54) is 0 Å². The van der Waals surface area contributed by atoms with Crippen LogP contribution in [0, 0.1) is 0 Å². The second kappa shape index (κ2) is 6.07. The minimum Gasteiger partial charge on any atom is -0.350 e. The maximum Gasteiger partial charge on any atom is 0.252 e. The van der Waals surface area contributed by atoms with Crippen LogP contribution in [0.3, 0.4) is 0 Å².